The second kappa shape index (κ2) is 5.57. The van der Waals surface area contributed by atoms with E-state index in [4.69, 9.17) is 4.42 Å². The second-order valence-corrected chi connectivity index (χ2v) is 6.52. The van der Waals surface area contributed by atoms with E-state index in [0.29, 0.717) is 11.1 Å². The number of hydrogen-bond acceptors (Lipinski definition) is 2. The van der Waals surface area contributed by atoms with Gasteiger partial charge in [0.15, 0.2) is 11.4 Å². The van der Waals surface area contributed by atoms with E-state index >= 15 is 0 Å². The zero-order chi connectivity index (χ0) is 14.9. The molecule has 2 aromatic rings. The lowest BCUT2D eigenvalue weighted by Gasteiger charge is -2.29. The SMILES string of the molecule is CCCNC(c1cc2ccc(C)c(F)c2o1)C(C)(C)C. The monoisotopic (exact) mass is 277 g/mol. The molecule has 0 aliphatic heterocycles. The van der Waals surface area contributed by atoms with Crippen molar-refractivity contribution in [3.8, 4) is 0 Å². The number of aryl methyl sites for hydroxylation is 1. The molecule has 1 unspecified atom stereocenters. The Bertz CT molecular complexity index is 595. The molecule has 110 valence electrons. The number of fused-ring (bicyclic) bond motifs is 1. The lowest BCUT2D eigenvalue weighted by molar-refractivity contribution is 0.241. The molecule has 1 aromatic carbocycles. The Morgan fingerprint density at radius 2 is 2.00 bits per heavy atom. The average Bonchev–Trinajstić information content (AvgIpc) is 2.77. The van der Waals surface area contributed by atoms with Crippen LogP contribution in [0, 0.1) is 18.2 Å². The van der Waals surface area contributed by atoms with Gasteiger partial charge in [0.25, 0.3) is 0 Å². The summed E-state index contributed by atoms with van der Waals surface area (Å²) < 4.78 is 19.9. The van der Waals surface area contributed by atoms with Crippen molar-refractivity contribution in [2.45, 2.75) is 47.1 Å². The van der Waals surface area contributed by atoms with Gasteiger partial charge in [0.2, 0.25) is 0 Å². The summed E-state index contributed by atoms with van der Waals surface area (Å²) in [5.74, 6) is 0.558. The maximum atomic E-state index is 14.1. The van der Waals surface area contributed by atoms with Gasteiger partial charge >= 0.3 is 0 Å². The van der Waals surface area contributed by atoms with E-state index in [1.807, 2.05) is 12.1 Å². The van der Waals surface area contributed by atoms with E-state index < -0.39 is 0 Å². The summed E-state index contributed by atoms with van der Waals surface area (Å²) in [5.41, 5.74) is 0.994. The Morgan fingerprint density at radius 1 is 1.30 bits per heavy atom. The van der Waals surface area contributed by atoms with Gasteiger partial charge in [-0.15, -0.1) is 0 Å². The smallest absolute Gasteiger partial charge is 0.170 e. The van der Waals surface area contributed by atoms with Gasteiger partial charge in [0.05, 0.1) is 6.04 Å². The molecular weight excluding hydrogens is 253 g/mol. The van der Waals surface area contributed by atoms with Crippen molar-refractivity contribution in [1.29, 1.82) is 0 Å². The lowest BCUT2D eigenvalue weighted by Crippen LogP contribution is -2.32. The van der Waals surface area contributed by atoms with Crippen LogP contribution in [0.4, 0.5) is 4.39 Å². The van der Waals surface area contributed by atoms with E-state index in [1.54, 1.807) is 13.0 Å². The van der Waals surface area contributed by atoms with E-state index in [9.17, 15) is 4.39 Å². The summed E-state index contributed by atoms with van der Waals surface area (Å²) in [4.78, 5) is 0. The molecule has 0 fully saturated rings. The molecule has 2 rings (SSSR count). The van der Waals surface area contributed by atoms with Crippen LogP contribution in [0.2, 0.25) is 0 Å². The minimum atomic E-state index is -0.253. The van der Waals surface area contributed by atoms with Crippen LogP contribution in [-0.2, 0) is 0 Å². The highest BCUT2D eigenvalue weighted by atomic mass is 19.1. The van der Waals surface area contributed by atoms with Crippen molar-refractivity contribution in [1.82, 2.24) is 5.32 Å². The van der Waals surface area contributed by atoms with E-state index in [2.05, 4.69) is 33.0 Å². The number of nitrogens with one attached hydrogen (secondary N) is 1. The zero-order valence-electron chi connectivity index (χ0n) is 13.0. The largest absolute Gasteiger partial charge is 0.456 e. The predicted octanol–water partition coefficient (Wildman–Crippen LogP) is 4.97. The summed E-state index contributed by atoms with van der Waals surface area (Å²) in [6.45, 7) is 11.3. The summed E-state index contributed by atoms with van der Waals surface area (Å²) in [6.07, 6.45) is 1.06. The van der Waals surface area contributed by atoms with Crippen molar-refractivity contribution in [3.63, 3.8) is 0 Å². The van der Waals surface area contributed by atoms with Gasteiger partial charge in [-0.05, 0) is 36.9 Å². The summed E-state index contributed by atoms with van der Waals surface area (Å²) in [6, 6.07) is 5.74. The van der Waals surface area contributed by atoms with Gasteiger partial charge in [-0.2, -0.15) is 0 Å². The van der Waals surface area contributed by atoms with Crippen molar-refractivity contribution in [3.05, 3.63) is 35.3 Å². The van der Waals surface area contributed by atoms with Crippen LogP contribution in [0.1, 0.15) is 51.5 Å². The van der Waals surface area contributed by atoms with E-state index in [0.717, 1.165) is 24.1 Å². The first-order valence-electron chi connectivity index (χ1n) is 7.26. The second-order valence-electron chi connectivity index (χ2n) is 6.52. The topological polar surface area (TPSA) is 25.2 Å². The number of benzene rings is 1. The van der Waals surface area contributed by atoms with Crippen molar-refractivity contribution in [2.75, 3.05) is 6.54 Å². The van der Waals surface area contributed by atoms with Crippen molar-refractivity contribution in [2.24, 2.45) is 5.41 Å². The number of furan rings is 1. The molecule has 2 nitrogen and oxygen atoms in total. The average molecular weight is 277 g/mol. The third-order valence-electron chi connectivity index (χ3n) is 3.59. The van der Waals surface area contributed by atoms with Crippen LogP contribution < -0.4 is 5.32 Å². The summed E-state index contributed by atoms with van der Waals surface area (Å²) in [7, 11) is 0. The van der Waals surface area contributed by atoms with Crippen molar-refractivity contribution >= 4 is 11.0 Å². The van der Waals surface area contributed by atoms with Gasteiger partial charge in [-0.1, -0.05) is 39.8 Å². The van der Waals surface area contributed by atoms with E-state index in [1.165, 1.54) is 0 Å². The van der Waals surface area contributed by atoms with Crippen LogP contribution in [0.5, 0.6) is 0 Å². The third kappa shape index (κ3) is 2.88. The van der Waals surface area contributed by atoms with Crippen LogP contribution in [0.3, 0.4) is 0 Å². The first-order chi connectivity index (χ1) is 9.34. The Hall–Kier alpha value is -1.35. The van der Waals surface area contributed by atoms with Gasteiger partial charge in [-0.25, -0.2) is 4.39 Å². The third-order valence-corrected chi connectivity index (χ3v) is 3.59. The molecule has 3 heteroatoms. The maximum absolute atomic E-state index is 14.1. The molecule has 0 radical (unpaired) electrons. The van der Waals surface area contributed by atoms with Crippen molar-refractivity contribution < 1.29 is 8.81 Å². The fourth-order valence-corrected chi connectivity index (χ4v) is 2.45. The Labute approximate surface area is 120 Å². The first-order valence-corrected chi connectivity index (χ1v) is 7.26. The Kier molecular flexibility index (Phi) is 4.19. The zero-order valence-corrected chi connectivity index (χ0v) is 13.0. The maximum Gasteiger partial charge on any atom is 0.170 e. The molecular formula is C17H24FNO. The number of rotatable bonds is 4. The molecule has 0 amide bonds. The Balaban J connectivity index is 2.46. The molecule has 1 heterocycles. The highest BCUT2D eigenvalue weighted by molar-refractivity contribution is 5.79. The molecule has 1 aromatic heterocycles. The molecule has 0 saturated carbocycles. The van der Waals surface area contributed by atoms with Gasteiger partial charge in [0, 0.05) is 5.39 Å². The molecule has 0 aliphatic carbocycles. The molecule has 1 atom stereocenters. The normalized spacial score (nSPS) is 13.9. The molecule has 0 bridgehead atoms. The van der Waals surface area contributed by atoms with Crippen LogP contribution in [0.25, 0.3) is 11.0 Å². The van der Waals surface area contributed by atoms with E-state index in [-0.39, 0.29) is 17.3 Å². The first kappa shape index (κ1) is 15.0. The molecule has 0 saturated heterocycles. The quantitative estimate of drug-likeness (QED) is 0.853. The highest BCUT2D eigenvalue weighted by Gasteiger charge is 2.29. The molecule has 0 spiro atoms. The molecule has 0 aliphatic rings. The Morgan fingerprint density at radius 3 is 2.60 bits per heavy atom. The minimum Gasteiger partial charge on any atom is -0.456 e. The standard InChI is InChI=1S/C17H24FNO/c1-6-9-19-16(17(3,4)5)13-10-12-8-7-11(2)14(18)15(12)20-13/h7-8,10,16,19H,6,9H2,1-5H3. The predicted molar refractivity (Wildman–Crippen MR) is 81.4 cm³/mol. The number of halogens is 1. The number of hydrogen-bond donors (Lipinski definition) is 1. The lowest BCUT2D eigenvalue weighted by atomic mass is 9.85. The van der Waals surface area contributed by atoms with Gasteiger partial charge < -0.3 is 9.73 Å². The molecule has 20 heavy (non-hydrogen) atoms. The summed E-state index contributed by atoms with van der Waals surface area (Å²) >= 11 is 0. The van der Waals surface area contributed by atoms with Gasteiger partial charge in [-0.3, -0.25) is 0 Å². The van der Waals surface area contributed by atoms with Crippen LogP contribution >= 0.6 is 0 Å². The molecule has 1 N–H and O–H groups in total. The van der Waals surface area contributed by atoms with Crippen LogP contribution in [-0.4, -0.2) is 6.54 Å². The fraction of sp³-hybridized carbons (Fsp3) is 0.529. The fourth-order valence-electron chi connectivity index (χ4n) is 2.45. The van der Waals surface area contributed by atoms with Gasteiger partial charge in [0.1, 0.15) is 5.76 Å². The summed E-state index contributed by atoms with van der Waals surface area (Å²) in [5, 5.41) is 4.33. The minimum absolute atomic E-state index is 0.00850. The van der Waals surface area contributed by atoms with Crippen LogP contribution in [0.15, 0.2) is 22.6 Å². The highest BCUT2D eigenvalue weighted by Crippen LogP contribution is 2.36.